The van der Waals surface area contributed by atoms with Gasteiger partial charge in [0, 0.05) is 30.4 Å². The fraction of sp³-hybridized carbons (Fsp3) is 0.455. The minimum Gasteiger partial charge on any atom is -0.391 e. The van der Waals surface area contributed by atoms with Gasteiger partial charge in [0.15, 0.2) is 0 Å². The average Bonchev–Trinajstić information content (AvgIpc) is 2.25. The second kappa shape index (κ2) is 6.25. The molecule has 0 spiro atoms. The van der Waals surface area contributed by atoms with Gasteiger partial charge >= 0.3 is 0 Å². The van der Waals surface area contributed by atoms with E-state index in [0.717, 1.165) is 30.9 Å². The van der Waals surface area contributed by atoms with Crippen LogP contribution in [0.3, 0.4) is 0 Å². The molecule has 0 heterocycles. The molecule has 0 saturated heterocycles. The van der Waals surface area contributed by atoms with Gasteiger partial charge in [-0.1, -0.05) is 18.4 Å². The number of allylic oxidation sites excluding steroid dienone is 1. The SMILES string of the molecule is CCNCCNC1=CC(CO)=C=C=C1. The van der Waals surface area contributed by atoms with E-state index in [0.29, 0.717) is 0 Å². The number of likely N-dealkylation sites (N-methyl/N-ethyl adjacent to an activating group) is 1. The Morgan fingerprint density at radius 1 is 1.43 bits per heavy atom. The van der Waals surface area contributed by atoms with E-state index in [9.17, 15) is 0 Å². The van der Waals surface area contributed by atoms with Gasteiger partial charge < -0.3 is 15.7 Å². The van der Waals surface area contributed by atoms with Crippen LogP contribution in [0.1, 0.15) is 6.92 Å². The fourth-order valence-electron chi connectivity index (χ4n) is 1.13. The van der Waals surface area contributed by atoms with E-state index >= 15 is 0 Å². The molecule has 0 unspecified atom stereocenters. The molecule has 3 heteroatoms. The number of aliphatic hydroxyl groups is 1. The smallest absolute Gasteiger partial charge is 0.0761 e. The maximum Gasteiger partial charge on any atom is 0.0761 e. The number of hydrogen-bond donors (Lipinski definition) is 3. The van der Waals surface area contributed by atoms with Crippen molar-refractivity contribution in [1.29, 1.82) is 0 Å². The van der Waals surface area contributed by atoms with Gasteiger partial charge in [-0.2, -0.15) is 0 Å². The van der Waals surface area contributed by atoms with Gasteiger partial charge in [0.1, 0.15) is 0 Å². The summed E-state index contributed by atoms with van der Waals surface area (Å²) in [7, 11) is 0. The Bertz CT molecular complexity index is 305. The van der Waals surface area contributed by atoms with Crippen LogP contribution in [0.25, 0.3) is 0 Å². The molecule has 1 aliphatic carbocycles. The van der Waals surface area contributed by atoms with E-state index in [1.165, 1.54) is 0 Å². The van der Waals surface area contributed by atoms with Crippen LogP contribution in [0.5, 0.6) is 0 Å². The van der Waals surface area contributed by atoms with Crippen LogP contribution in [0, 0.1) is 0 Å². The van der Waals surface area contributed by atoms with Crippen molar-refractivity contribution >= 4 is 0 Å². The summed E-state index contributed by atoms with van der Waals surface area (Å²) < 4.78 is 0. The van der Waals surface area contributed by atoms with Crippen molar-refractivity contribution in [3.63, 3.8) is 0 Å². The number of nitrogens with one attached hydrogen (secondary N) is 2. The largest absolute Gasteiger partial charge is 0.391 e. The van der Waals surface area contributed by atoms with Gasteiger partial charge in [-0.3, -0.25) is 0 Å². The molecule has 0 atom stereocenters. The van der Waals surface area contributed by atoms with Crippen LogP contribution in [0.4, 0.5) is 0 Å². The molecule has 14 heavy (non-hydrogen) atoms. The van der Waals surface area contributed by atoms with Crippen LogP contribution in [-0.2, 0) is 0 Å². The highest BCUT2D eigenvalue weighted by atomic mass is 16.3. The predicted octanol–water partition coefficient (Wildman–Crippen LogP) is 0.312. The minimum absolute atomic E-state index is 0.0131. The number of rotatable bonds is 6. The van der Waals surface area contributed by atoms with E-state index in [4.69, 9.17) is 5.11 Å². The van der Waals surface area contributed by atoms with Crippen LogP contribution < -0.4 is 10.6 Å². The Labute approximate surface area is 84.5 Å². The highest BCUT2D eigenvalue weighted by molar-refractivity contribution is 5.32. The third kappa shape index (κ3) is 3.65. The third-order valence-electron chi connectivity index (χ3n) is 1.84. The molecule has 0 bridgehead atoms. The number of aliphatic hydroxyl groups excluding tert-OH is 1. The fourth-order valence-corrected chi connectivity index (χ4v) is 1.13. The van der Waals surface area contributed by atoms with E-state index in [-0.39, 0.29) is 6.61 Å². The summed E-state index contributed by atoms with van der Waals surface area (Å²) in [5, 5.41) is 15.3. The zero-order valence-electron chi connectivity index (χ0n) is 8.43. The molecule has 0 aromatic carbocycles. The van der Waals surface area contributed by atoms with E-state index in [1.54, 1.807) is 0 Å². The maximum atomic E-state index is 8.88. The van der Waals surface area contributed by atoms with Crippen LogP contribution in [-0.4, -0.2) is 31.3 Å². The summed E-state index contributed by atoms with van der Waals surface area (Å²) in [6.07, 6.45) is 3.70. The summed E-state index contributed by atoms with van der Waals surface area (Å²) >= 11 is 0. The zero-order valence-corrected chi connectivity index (χ0v) is 8.43. The second-order valence-electron chi connectivity index (χ2n) is 2.98. The molecule has 0 amide bonds. The van der Waals surface area contributed by atoms with Gasteiger partial charge in [0.25, 0.3) is 0 Å². The molecular formula is C11H16N2O. The Balaban J connectivity index is 2.32. The lowest BCUT2D eigenvalue weighted by Gasteiger charge is -2.08. The van der Waals surface area contributed by atoms with Gasteiger partial charge in [-0.05, 0) is 12.6 Å². The van der Waals surface area contributed by atoms with Gasteiger partial charge in [-0.25, -0.2) is 0 Å². The quantitative estimate of drug-likeness (QED) is 0.419. The molecule has 0 aromatic rings. The van der Waals surface area contributed by atoms with Crippen molar-refractivity contribution in [3.8, 4) is 0 Å². The Hall–Kier alpha value is -1.24. The summed E-state index contributed by atoms with van der Waals surface area (Å²) in [6.45, 7) is 4.88. The van der Waals surface area contributed by atoms with E-state index < -0.39 is 0 Å². The molecule has 3 N–H and O–H groups in total. The third-order valence-corrected chi connectivity index (χ3v) is 1.84. The van der Waals surface area contributed by atoms with Crippen molar-refractivity contribution in [1.82, 2.24) is 10.6 Å². The first-order chi connectivity index (χ1) is 6.86. The summed E-state index contributed by atoms with van der Waals surface area (Å²) in [5.74, 6) is 0. The molecule has 0 fully saturated rings. The maximum absolute atomic E-state index is 8.88. The standard InChI is InChI=1S/C11H16N2O/c1-2-12-6-7-13-11-5-3-4-10(8-11)9-14/h5,8,12-14H,2,6-7,9H2,1H3. The second-order valence-corrected chi connectivity index (χ2v) is 2.98. The molecule has 0 aromatic heterocycles. The number of hydrogen-bond acceptors (Lipinski definition) is 3. The lowest BCUT2D eigenvalue weighted by atomic mass is 10.2. The average molecular weight is 192 g/mol. The topological polar surface area (TPSA) is 44.3 Å². The molecule has 1 aliphatic rings. The van der Waals surface area contributed by atoms with Crippen LogP contribution >= 0.6 is 0 Å². The first-order valence-corrected chi connectivity index (χ1v) is 4.84. The monoisotopic (exact) mass is 192 g/mol. The van der Waals surface area contributed by atoms with Gasteiger partial charge in [0.2, 0.25) is 0 Å². The van der Waals surface area contributed by atoms with Crippen LogP contribution in [0.15, 0.2) is 34.9 Å². The van der Waals surface area contributed by atoms with Crippen molar-refractivity contribution in [2.24, 2.45) is 0 Å². The lowest BCUT2D eigenvalue weighted by molar-refractivity contribution is 0.335. The van der Waals surface area contributed by atoms with Gasteiger partial charge in [0.05, 0.1) is 6.61 Å². The van der Waals surface area contributed by atoms with Crippen molar-refractivity contribution < 1.29 is 5.11 Å². The van der Waals surface area contributed by atoms with Crippen molar-refractivity contribution in [2.75, 3.05) is 26.2 Å². The zero-order chi connectivity index (χ0) is 10.2. The Kier molecular flexibility index (Phi) is 4.84. The minimum atomic E-state index is 0.0131. The summed E-state index contributed by atoms with van der Waals surface area (Å²) in [5.41, 5.74) is 7.42. The van der Waals surface area contributed by atoms with Crippen molar-refractivity contribution in [2.45, 2.75) is 6.92 Å². The Morgan fingerprint density at radius 3 is 3.00 bits per heavy atom. The van der Waals surface area contributed by atoms with Crippen molar-refractivity contribution in [3.05, 3.63) is 34.9 Å². The molecule has 3 nitrogen and oxygen atoms in total. The Morgan fingerprint density at radius 2 is 2.29 bits per heavy atom. The molecule has 0 radical (unpaired) electrons. The first kappa shape index (κ1) is 10.8. The van der Waals surface area contributed by atoms with Crippen LogP contribution in [0.2, 0.25) is 0 Å². The molecule has 76 valence electrons. The summed E-state index contributed by atoms with van der Waals surface area (Å²) in [4.78, 5) is 0. The highest BCUT2D eigenvalue weighted by Crippen LogP contribution is 2.02. The molecule has 1 rings (SSSR count). The van der Waals surface area contributed by atoms with E-state index in [2.05, 4.69) is 29.0 Å². The first-order valence-electron chi connectivity index (χ1n) is 4.84. The summed E-state index contributed by atoms with van der Waals surface area (Å²) in [6, 6.07) is 0. The molecular weight excluding hydrogens is 176 g/mol. The normalized spacial score (nSPS) is 13.9. The van der Waals surface area contributed by atoms with E-state index in [1.807, 2.05) is 12.2 Å². The highest BCUT2D eigenvalue weighted by Gasteiger charge is 1.97. The molecule has 0 saturated carbocycles. The molecule has 0 aliphatic heterocycles. The lowest BCUT2D eigenvalue weighted by Crippen LogP contribution is -2.26. The van der Waals surface area contributed by atoms with Gasteiger partial charge in [-0.15, -0.1) is 0 Å². The predicted molar refractivity (Wildman–Crippen MR) is 56.8 cm³/mol.